The summed E-state index contributed by atoms with van der Waals surface area (Å²) in [6.45, 7) is 4.19. The monoisotopic (exact) mass is 286 g/mol. The lowest BCUT2D eigenvalue weighted by molar-refractivity contribution is 0.138. The van der Waals surface area contributed by atoms with Crippen molar-refractivity contribution >= 4 is 0 Å². The van der Waals surface area contributed by atoms with E-state index in [1.807, 2.05) is 18.2 Å². The molecule has 0 amide bonds. The van der Waals surface area contributed by atoms with Crippen molar-refractivity contribution in [3.8, 4) is 0 Å². The van der Waals surface area contributed by atoms with Gasteiger partial charge in [-0.05, 0) is 30.7 Å². The Bertz CT molecular complexity index is 588. The fourth-order valence-electron chi connectivity index (χ4n) is 2.88. The zero-order valence-corrected chi connectivity index (χ0v) is 12.6. The topological polar surface area (TPSA) is 59.2 Å². The van der Waals surface area contributed by atoms with Crippen molar-refractivity contribution in [2.45, 2.75) is 51.0 Å². The van der Waals surface area contributed by atoms with Crippen LogP contribution in [0.1, 0.15) is 50.4 Å². The molecule has 4 nitrogen and oxygen atoms in total. The van der Waals surface area contributed by atoms with Crippen LogP contribution in [-0.4, -0.2) is 21.4 Å². The number of rotatable bonds is 6. The van der Waals surface area contributed by atoms with Crippen LogP contribution in [0.2, 0.25) is 0 Å². The van der Waals surface area contributed by atoms with E-state index >= 15 is 0 Å². The summed E-state index contributed by atoms with van der Waals surface area (Å²) in [5.74, 6) is 1.77. The minimum Gasteiger partial charge on any atom is -0.393 e. The summed E-state index contributed by atoms with van der Waals surface area (Å²) in [5, 5.41) is 14.2. The van der Waals surface area contributed by atoms with E-state index in [2.05, 4.69) is 36.1 Å². The van der Waals surface area contributed by atoms with E-state index in [9.17, 15) is 5.11 Å². The minimum atomic E-state index is -0.412. The highest BCUT2D eigenvalue weighted by atomic mass is 16.5. The molecule has 1 aromatic heterocycles. The fourth-order valence-corrected chi connectivity index (χ4v) is 2.88. The van der Waals surface area contributed by atoms with Crippen molar-refractivity contribution in [1.82, 2.24) is 10.1 Å². The number of aliphatic hydroxyl groups is 1. The first-order valence-corrected chi connectivity index (χ1v) is 7.67. The molecule has 0 saturated heterocycles. The zero-order chi connectivity index (χ0) is 14.9. The summed E-state index contributed by atoms with van der Waals surface area (Å²) in [7, 11) is 0. The Labute approximate surface area is 125 Å². The van der Waals surface area contributed by atoms with Crippen LogP contribution >= 0.6 is 0 Å². The number of aromatic nitrogens is 2. The number of benzene rings is 1. The minimum absolute atomic E-state index is 0.0635. The molecule has 1 fully saturated rings. The summed E-state index contributed by atoms with van der Waals surface area (Å²) in [6, 6.07) is 10.3. The molecule has 1 saturated carbocycles. The van der Waals surface area contributed by atoms with E-state index in [1.165, 1.54) is 5.56 Å². The standard InChI is InChI=1S/C17H22N2O2/c1-12(2)10-14(20)11-15-18-16(19-21-15)17(8-9-17)13-6-4-3-5-7-13/h3-7,12,14,20H,8-11H2,1-2H3. The number of nitrogens with zero attached hydrogens (tertiary/aromatic N) is 2. The predicted molar refractivity (Wildman–Crippen MR) is 79.9 cm³/mol. The van der Waals surface area contributed by atoms with Gasteiger partial charge in [0.25, 0.3) is 0 Å². The Kier molecular flexibility index (Phi) is 3.81. The molecule has 1 aliphatic rings. The molecule has 1 N–H and O–H groups in total. The maximum atomic E-state index is 9.99. The third-order valence-corrected chi connectivity index (χ3v) is 4.13. The van der Waals surface area contributed by atoms with Crippen molar-refractivity contribution in [2.75, 3.05) is 0 Å². The molecular weight excluding hydrogens is 264 g/mol. The van der Waals surface area contributed by atoms with Gasteiger partial charge >= 0.3 is 0 Å². The summed E-state index contributed by atoms with van der Waals surface area (Å²) in [6.07, 6.45) is 2.90. The van der Waals surface area contributed by atoms with E-state index in [0.717, 1.165) is 25.1 Å². The molecule has 112 valence electrons. The van der Waals surface area contributed by atoms with Gasteiger partial charge in [-0.3, -0.25) is 0 Å². The highest BCUT2D eigenvalue weighted by Gasteiger charge is 2.49. The lowest BCUT2D eigenvalue weighted by atomic mass is 9.95. The van der Waals surface area contributed by atoms with Crippen LogP contribution in [-0.2, 0) is 11.8 Å². The van der Waals surface area contributed by atoms with Gasteiger partial charge in [0.15, 0.2) is 5.82 Å². The van der Waals surface area contributed by atoms with Crippen LogP contribution in [0, 0.1) is 5.92 Å². The van der Waals surface area contributed by atoms with Crippen LogP contribution < -0.4 is 0 Å². The largest absolute Gasteiger partial charge is 0.393 e. The van der Waals surface area contributed by atoms with Gasteiger partial charge in [0.2, 0.25) is 5.89 Å². The van der Waals surface area contributed by atoms with Crippen molar-refractivity contribution in [3.05, 3.63) is 47.6 Å². The predicted octanol–water partition coefficient (Wildman–Crippen LogP) is 3.10. The Morgan fingerprint density at radius 1 is 1.24 bits per heavy atom. The molecule has 0 spiro atoms. The van der Waals surface area contributed by atoms with E-state index in [-0.39, 0.29) is 5.41 Å². The molecule has 2 aromatic rings. The van der Waals surface area contributed by atoms with Crippen LogP contribution in [0.3, 0.4) is 0 Å². The van der Waals surface area contributed by atoms with Gasteiger partial charge < -0.3 is 9.63 Å². The highest BCUT2D eigenvalue weighted by Crippen LogP contribution is 2.52. The van der Waals surface area contributed by atoms with Crippen LogP contribution in [0.5, 0.6) is 0 Å². The maximum Gasteiger partial charge on any atom is 0.229 e. The van der Waals surface area contributed by atoms with Gasteiger partial charge in [-0.15, -0.1) is 0 Å². The summed E-state index contributed by atoms with van der Waals surface area (Å²) in [5.41, 5.74) is 1.19. The maximum absolute atomic E-state index is 9.99. The van der Waals surface area contributed by atoms with Gasteiger partial charge in [0, 0.05) is 0 Å². The van der Waals surface area contributed by atoms with Gasteiger partial charge in [-0.25, -0.2) is 0 Å². The summed E-state index contributed by atoms with van der Waals surface area (Å²) < 4.78 is 5.34. The van der Waals surface area contributed by atoms with Crippen molar-refractivity contribution in [3.63, 3.8) is 0 Å². The normalized spacial score (nSPS) is 17.9. The SMILES string of the molecule is CC(C)CC(O)Cc1nc(C2(c3ccccc3)CC2)no1. The van der Waals surface area contributed by atoms with Crippen molar-refractivity contribution < 1.29 is 9.63 Å². The van der Waals surface area contributed by atoms with Crippen LogP contribution in [0.25, 0.3) is 0 Å². The molecule has 0 radical (unpaired) electrons. The smallest absolute Gasteiger partial charge is 0.229 e. The molecule has 1 atom stereocenters. The number of aliphatic hydroxyl groups excluding tert-OH is 1. The molecule has 0 bridgehead atoms. The third kappa shape index (κ3) is 3.00. The molecule has 1 unspecified atom stereocenters. The van der Waals surface area contributed by atoms with E-state index in [1.54, 1.807) is 0 Å². The van der Waals surface area contributed by atoms with Gasteiger partial charge in [0.1, 0.15) is 0 Å². The zero-order valence-electron chi connectivity index (χ0n) is 12.6. The first-order valence-electron chi connectivity index (χ1n) is 7.67. The molecule has 1 aliphatic carbocycles. The molecule has 4 heteroatoms. The molecule has 1 aromatic carbocycles. The second-order valence-electron chi connectivity index (χ2n) is 6.45. The van der Waals surface area contributed by atoms with Gasteiger partial charge in [-0.2, -0.15) is 4.98 Å². The molecule has 21 heavy (non-hydrogen) atoms. The number of hydrogen-bond donors (Lipinski definition) is 1. The average molecular weight is 286 g/mol. The van der Waals surface area contributed by atoms with Crippen LogP contribution in [0.4, 0.5) is 0 Å². The summed E-state index contributed by atoms with van der Waals surface area (Å²) >= 11 is 0. The second-order valence-corrected chi connectivity index (χ2v) is 6.45. The molecule has 1 heterocycles. The number of hydrogen-bond acceptors (Lipinski definition) is 4. The Balaban J connectivity index is 1.74. The van der Waals surface area contributed by atoms with E-state index in [0.29, 0.717) is 18.2 Å². The molecule has 3 rings (SSSR count). The first-order chi connectivity index (χ1) is 10.1. The fraction of sp³-hybridized carbons (Fsp3) is 0.529. The lowest BCUT2D eigenvalue weighted by Gasteiger charge is -2.11. The third-order valence-electron chi connectivity index (χ3n) is 4.13. The Morgan fingerprint density at radius 2 is 1.95 bits per heavy atom. The van der Waals surface area contributed by atoms with Crippen molar-refractivity contribution in [2.24, 2.45) is 5.92 Å². The Hall–Kier alpha value is -1.68. The average Bonchev–Trinajstić information content (AvgIpc) is 3.14. The Morgan fingerprint density at radius 3 is 2.57 bits per heavy atom. The van der Waals surface area contributed by atoms with Gasteiger partial charge in [0.05, 0.1) is 17.9 Å². The molecular formula is C17H22N2O2. The quantitative estimate of drug-likeness (QED) is 0.886. The lowest BCUT2D eigenvalue weighted by Crippen LogP contribution is -2.14. The molecule has 0 aliphatic heterocycles. The first kappa shape index (κ1) is 14.3. The van der Waals surface area contributed by atoms with E-state index in [4.69, 9.17) is 4.52 Å². The van der Waals surface area contributed by atoms with Crippen LogP contribution in [0.15, 0.2) is 34.9 Å². The van der Waals surface area contributed by atoms with E-state index < -0.39 is 6.10 Å². The van der Waals surface area contributed by atoms with Crippen molar-refractivity contribution in [1.29, 1.82) is 0 Å². The van der Waals surface area contributed by atoms with Gasteiger partial charge in [-0.1, -0.05) is 49.3 Å². The second kappa shape index (κ2) is 5.60. The highest BCUT2D eigenvalue weighted by molar-refractivity contribution is 5.38. The summed E-state index contributed by atoms with van der Waals surface area (Å²) in [4.78, 5) is 4.53.